The summed E-state index contributed by atoms with van der Waals surface area (Å²) < 4.78 is 0. The van der Waals surface area contributed by atoms with Gasteiger partial charge in [-0.2, -0.15) is 0 Å². The van der Waals surface area contributed by atoms with E-state index in [-0.39, 0.29) is 17.0 Å². The molecule has 1 aliphatic rings. The van der Waals surface area contributed by atoms with Crippen molar-refractivity contribution in [2.45, 2.75) is 25.3 Å². The second-order valence-electron chi connectivity index (χ2n) is 3.59. The van der Waals surface area contributed by atoms with E-state index in [9.17, 15) is 0 Å². The van der Waals surface area contributed by atoms with Gasteiger partial charge in [0.2, 0.25) is 0 Å². The van der Waals surface area contributed by atoms with Gasteiger partial charge in [0.05, 0.1) is 0 Å². The van der Waals surface area contributed by atoms with Crippen LogP contribution in [0.4, 0.5) is 0 Å². The van der Waals surface area contributed by atoms with Crippen LogP contribution >= 0.6 is 17.0 Å². The van der Waals surface area contributed by atoms with Crippen LogP contribution in [0.3, 0.4) is 0 Å². The van der Waals surface area contributed by atoms with E-state index in [1.54, 1.807) is 12.1 Å². The molecule has 0 amide bonds. The van der Waals surface area contributed by atoms with Gasteiger partial charge in [0.25, 0.3) is 0 Å². The highest BCUT2D eigenvalue weighted by Crippen LogP contribution is 2.23. The molecule has 1 fully saturated rings. The van der Waals surface area contributed by atoms with Gasteiger partial charge in [-0.05, 0) is 37.1 Å². The number of halogens is 1. The van der Waals surface area contributed by atoms with Crippen molar-refractivity contribution in [3.8, 4) is 5.75 Å². The van der Waals surface area contributed by atoms with Gasteiger partial charge in [-0.1, -0.05) is 18.6 Å². The van der Waals surface area contributed by atoms with Crippen LogP contribution in [0.15, 0.2) is 24.3 Å². The van der Waals surface area contributed by atoms with E-state index in [2.05, 4.69) is 5.32 Å². The predicted molar refractivity (Wildman–Crippen MR) is 63.0 cm³/mol. The Labute approximate surface area is 95.1 Å². The van der Waals surface area contributed by atoms with Crippen LogP contribution in [0.2, 0.25) is 0 Å². The number of hydrogen-bond donors (Lipinski definition) is 2. The highest BCUT2D eigenvalue weighted by Gasteiger charge is 2.13. The van der Waals surface area contributed by atoms with Gasteiger partial charge >= 0.3 is 0 Å². The molecule has 1 aromatic carbocycles. The lowest BCUT2D eigenvalue weighted by molar-refractivity contribution is 0.411. The third kappa shape index (κ3) is 2.72. The Morgan fingerprint density at radius 1 is 1.14 bits per heavy atom. The highest BCUT2D eigenvalue weighted by molar-refractivity contribution is 8.93. The van der Waals surface area contributed by atoms with Crippen LogP contribution in [-0.2, 0) is 0 Å². The molecule has 1 unspecified atom stereocenters. The van der Waals surface area contributed by atoms with Crippen molar-refractivity contribution in [1.82, 2.24) is 5.32 Å². The summed E-state index contributed by atoms with van der Waals surface area (Å²) in [6, 6.07) is 8.00. The maximum atomic E-state index is 9.13. The summed E-state index contributed by atoms with van der Waals surface area (Å²) >= 11 is 0. The van der Waals surface area contributed by atoms with Crippen LogP contribution in [0.1, 0.15) is 30.9 Å². The van der Waals surface area contributed by atoms with Crippen molar-refractivity contribution in [3.05, 3.63) is 29.8 Å². The molecule has 0 aromatic heterocycles. The lowest BCUT2D eigenvalue weighted by Crippen LogP contribution is -2.26. The van der Waals surface area contributed by atoms with Crippen LogP contribution < -0.4 is 5.32 Å². The molecule has 0 saturated carbocycles. The van der Waals surface area contributed by atoms with E-state index in [0.29, 0.717) is 11.8 Å². The van der Waals surface area contributed by atoms with Crippen molar-refractivity contribution in [2.75, 3.05) is 6.54 Å². The topological polar surface area (TPSA) is 32.3 Å². The molecule has 2 rings (SSSR count). The molecule has 2 nitrogen and oxygen atoms in total. The van der Waals surface area contributed by atoms with Crippen molar-refractivity contribution in [3.63, 3.8) is 0 Å². The average molecular weight is 258 g/mol. The van der Waals surface area contributed by atoms with Gasteiger partial charge in [0.15, 0.2) is 0 Å². The first-order valence-electron chi connectivity index (χ1n) is 4.88. The minimum atomic E-state index is 0. The monoisotopic (exact) mass is 257 g/mol. The van der Waals surface area contributed by atoms with Crippen LogP contribution in [0.25, 0.3) is 0 Å². The van der Waals surface area contributed by atoms with E-state index < -0.39 is 0 Å². The molecular formula is C11H16BrNO. The standard InChI is InChI=1S/C11H15NO.BrH/c13-10-6-4-9(5-7-10)11-3-1-2-8-12-11;/h4-7,11-13H,1-3,8H2;1H. The molecule has 1 aromatic rings. The molecule has 0 aliphatic carbocycles. The molecule has 0 spiro atoms. The molecule has 0 bridgehead atoms. The molecule has 1 heterocycles. The van der Waals surface area contributed by atoms with Crippen LogP contribution in [-0.4, -0.2) is 11.7 Å². The Hall–Kier alpha value is -0.540. The van der Waals surface area contributed by atoms with Gasteiger partial charge in [0.1, 0.15) is 5.75 Å². The molecule has 78 valence electrons. The third-order valence-corrected chi connectivity index (χ3v) is 2.61. The number of benzene rings is 1. The summed E-state index contributed by atoms with van der Waals surface area (Å²) in [6.07, 6.45) is 3.80. The molecule has 3 heteroatoms. The number of phenolic OH excluding ortho intramolecular Hbond substituents is 1. The molecule has 1 saturated heterocycles. The maximum absolute atomic E-state index is 9.13. The molecule has 2 N–H and O–H groups in total. The van der Waals surface area contributed by atoms with Gasteiger partial charge in [-0.3, -0.25) is 0 Å². The Morgan fingerprint density at radius 2 is 1.86 bits per heavy atom. The molecule has 1 atom stereocenters. The first-order valence-corrected chi connectivity index (χ1v) is 4.88. The first-order chi connectivity index (χ1) is 6.36. The zero-order chi connectivity index (χ0) is 9.10. The SMILES string of the molecule is Br.Oc1ccc(C2CCCCN2)cc1. The van der Waals surface area contributed by atoms with Gasteiger partial charge in [-0.15, -0.1) is 17.0 Å². The van der Waals surface area contributed by atoms with Crippen molar-refractivity contribution in [1.29, 1.82) is 0 Å². The fourth-order valence-electron chi connectivity index (χ4n) is 1.84. The van der Waals surface area contributed by atoms with Crippen molar-refractivity contribution < 1.29 is 5.11 Å². The third-order valence-electron chi connectivity index (χ3n) is 2.61. The smallest absolute Gasteiger partial charge is 0.115 e. The number of nitrogens with one attached hydrogen (secondary N) is 1. The highest BCUT2D eigenvalue weighted by atomic mass is 79.9. The van der Waals surface area contributed by atoms with E-state index in [4.69, 9.17) is 5.11 Å². The van der Waals surface area contributed by atoms with Crippen LogP contribution in [0, 0.1) is 0 Å². The lowest BCUT2D eigenvalue weighted by atomic mass is 9.98. The predicted octanol–water partition coefficient (Wildman–Crippen LogP) is 2.78. The molecule has 14 heavy (non-hydrogen) atoms. The maximum Gasteiger partial charge on any atom is 0.115 e. The Balaban J connectivity index is 0.000000980. The van der Waals surface area contributed by atoms with E-state index in [1.165, 1.54) is 24.8 Å². The second-order valence-corrected chi connectivity index (χ2v) is 3.59. The van der Waals surface area contributed by atoms with Crippen molar-refractivity contribution in [2.24, 2.45) is 0 Å². The zero-order valence-corrected chi connectivity index (χ0v) is 9.78. The molecule has 0 radical (unpaired) electrons. The number of phenols is 1. The number of rotatable bonds is 1. The molecule has 1 aliphatic heterocycles. The van der Waals surface area contributed by atoms with E-state index >= 15 is 0 Å². The first kappa shape index (κ1) is 11.5. The lowest BCUT2D eigenvalue weighted by Gasteiger charge is -2.23. The average Bonchev–Trinajstić information content (AvgIpc) is 2.20. The van der Waals surface area contributed by atoms with Gasteiger partial charge in [0, 0.05) is 6.04 Å². The quantitative estimate of drug-likeness (QED) is 0.811. The summed E-state index contributed by atoms with van der Waals surface area (Å²) in [7, 11) is 0. The fraction of sp³-hybridized carbons (Fsp3) is 0.455. The minimum Gasteiger partial charge on any atom is -0.508 e. The van der Waals surface area contributed by atoms with Crippen LogP contribution in [0.5, 0.6) is 5.75 Å². The van der Waals surface area contributed by atoms with E-state index in [0.717, 1.165) is 6.54 Å². The number of piperidine rings is 1. The Bertz CT molecular complexity index is 267. The normalized spacial score (nSPS) is 21.3. The summed E-state index contributed by atoms with van der Waals surface area (Å²) in [5.74, 6) is 0.347. The van der Waals surface area contributed by atoms with Gasteiger partial charge in [-0.25, -0.2) is 0 Å². The summed E-state index contributed by atoms with van der Waals surface area (Å²) in [5.41, 5.74) is 1.29. The van der Waals surface area contributed by atoms with E-state index in [1.807, 2.05) is 12.1 Å². The Kier molecular flexibility index (Phi) is 4.42. The summed E-state index contributed by atoms with van der Waals surface area (Å²) in [4.78, 5) is 0. The van der Waals surface area contributed by atoms with Crippen molar-refractivity contribution >= 4 is 17.0 Å². The largest absolute Gasteiger partial charge is 0.508 e. The number of aromatic hydroxyl groups is 1. The second kappa shape index (κ2) is 5.37. The Morgan fingerprint density at radius 3 is 2.43 bits per heavy atom. The summed E-state index contributed by atoms with van der Waals surface area (Å²) in [6.45, 7) is 1.12. The minimum absolute atomic E-state index is 0. The summed E-state index contributed by atoms with van der Waals surface area (Å²) in [5, 5.41) is 12.6. The molecular weight excluding hydrogens is 242 g/mol. The number of hydrogen-bond acceptors (Lipinski definition) is 2. The van der Waals surface area contributed by atoms with Gasteiger partial charge < -0.3 is 10.4 Å². The zero-order valence-electron chi connectivity index (χ0n) is 8.07. The fourth-order valence-corrected chi connectivity index (χ4v) is 1.84.